The highest BCUT2D eigenvalue weighted by Gasteiger charge is 2.31. The zero-order chi connectivity index (χ0) is 26.0. The molecule has 192 valence electrons. The maximum absolute atomic E-state index is 13.3. The summed E-state index contributed by atoms with van der Waals surface area (Å²) < 4.78 is 46.2. The number of benzene rings is 3. The number of hydrogen-bond acceptors (Lipinski definition) is 7. The van der Waals surface area contributed by atoms with Crippen molar-refractivity contribution >= 4 is 32.4 Å². The molecule has 3 aromatic carbocycles. The predicted octanol–water partition coefficient (Wildman–Crippen LogP) is 4.59. The van der Waals surface area contributed by atoms with Gasteiger partial charge >= 0.3 is 0 Å². The van der Waals surface area contributed by atoms with E-state index in [0.29, 0.717) is 43.6 Å². The van der Waals surface area contributed by atoms with Crippen molar-refractivity contribution < 1.29 is 17.5 Å². The Bertz CT molecular complexity index is 1510. The predicted molar refractivity (Wildman–Crippen MR) is 141 cm³/mol. The molecule has 0 bridgehead atoms. The summed E-state index contributed by atoms with van der Waals surface area (Å²) in [5, 5.41) is 4.29. The highest BCUT2D eigenvalue weighted by molar-refractivity contribution is 7.89. The molecular weight excluding hydrogens is 493 g/mol. The number of halogens is 1. The summed E-state index contributed by atoms with van der Waals surface area (Å²) in [6.45, 7) is 3.72. The van der Waals surface area contributed by atoms with Gasteiger partial charge in [0.1, 0.15) is 23.2 Å². The largest absolute Gasteiger partial charge is 0.495 e. The van der Waals surface area contributed by atoms with Crippen LogP contribution in [0.1, 0.15) is 18.8 Å². The van der Waals surface area contributed by atoms with E-state index in [0.717, 1.165) is 16.6 Å². The highest BCUT2D eigenvalue weighted by Crippen LogP contribution is 2.31. The molecule has 0 aliphatic carbocycles. The van der Waals surface area contributed by atoms with Crippen LogP contribution in [-0.4, -0.2) is 60.9 Å². The molecule has 0 saturated carbocycles. The fourth-order valence-corrected chi connectivity index (χ4v) is 5.92. The van der Waals surface area contributed by atoms with E-state index in [1.54, 1.807) is 7.11 Å². The molecule has 0 spiro atoms. The number of hydrogen-bond donors (Lipinski definition) is 1. The number of para-hydroxylation sites is 3. The average Bonchev–Trinajstić information content (AvgIpc) is 2.93. The third-order valence-corrected chi connectivity index (χ3v) is 8.54. The van der Waals surface area contributed by atoms with Gasteiger partial charge in [0.25, 0.3) is 0 Å². The third kappa shape index (κ3) is 5.13. The van der Waals surface area contributed by atoms with Crippen molar-refractivity contribution in [3.8, 4) is 5.75 Å². The van der Waals surface area contributed by atoms with Gasteiger partial charge in [-0.05, 0) is 55.5 Å². The van der Waals surface area contributed by atoms with Gasteiger partial charge in [-0.2, -0.15) is 4.31 Å². The molecule has 2 heterocycles. The van der Waals surface area contributed by atoms with Gasteiger partial charge in [0.2, 0.25) is 10.0 Å². The lowest BCUT2D eigenvalue weighted by Crippen LogP contribution is -2.49. The van der Waals surface area contributed by atoms with Gasteiger partial charge in [0.05, 0.1) is 29.3 Å². The van der Waals surface area contributed by atoms with Gasteiger partial charge in [-0.25, -0.2) is 22.8 Å². The second-order valence-electron chi connectivity index (χ2n) is 8.84. The smallest absolute Gasteiger partial charge is 0.243 e. The molecule has 1 saturated heterocycles. The number of piperazine rings is 1. The van der Waals surface area contributed by atoms with Crippen molar-refractivity contribution in [2.24, 2.45) is 0 Å². The first kappa shape index (κ1) is 25.1. The van der Waals surface area contributed by atoms with Gasteiger partial charge in [-0.3, -0.25) is 4.90 Å². The third-order valence-electron chi connectivity index (χ3n) is 6.63. The maximum Gasteiger partial charge on any atom is 0.243 e. The molecule has 4 aromatic rings. The van der Waals surface area contributed by atoms with Crippen LogP contribution in [0.3, 0.4) is 0 Å². The number of nitrogens with one attached hydrogen (secondary N) is 1. The second kappa shape index (κ2) is 10.4. The van der Waals surface area contributed by atoms with E-state index in [2.05, 4.69) is 10.2 Å². The van der Waals surface area contributed by atoms with E-state index in [9.17, 15) is 12.8 Å². The van der Waals surface area contributed by atoms with Crippen molar-refractivity contribution in [3.63, 3.8) is 0 Å². The molecule has 1 aliphatic heterocycles. The minimum absolute atomic E-state index is 0.0975. The van der Waals surface area contributed by atoms with E-state index >= 15 is 0 Å². The number of nitrogens with zero attached hydrogens (tertiary/aromatic N) is 4. The molecule has 1 fully saturated rings. The maximum atomic E-state index is 13.3. The van der Waals surface area contributed by atoms with Crippen LogP contribution in [0, 0.1) is 5.82 Å². The summed E-state index contributed by atoms with van der Waals surface area (Å²) in [5.41, 5.74) is 1.61. The Kier molecular flexibility index (Phi) is 7.05. The minimum Gasteiger partial charge on any atom is -0.495 e. The van der Waals surface area contributed by atoms with Crippen LogP contribution in [0.5, 0.6) is 5.75 Å². The van der Waals surface area contributed by atoms with Crippen molar-refractivity contribution in [1.82, 2.24) is 19.2 Å². The second-order valence-corrected chi connectivity index (χ2v) is 10.8. The van der Waals surface area contributed by atoms with E-state index in [-0.39, 0.29) is 10.9 Å². The molecule has 1 aromatic heterocycles. The summed E-state index contributed by atoms with van der Waals surface area (Å²) in [7, 11) is -2.06. The molecule has 8 nitrogen and oxygen atoms in total. The van der Waals surface area contributed by atoms with Gasteiger partial charge < -0.3 is 10.1 Å². The first-order valence-corrected chi connectivity index (χ1v) is 13.5. The van der Waals surface area contributed by atoms with Crippen molar-refractivity contribution in [2.75, 3.05) is 38.6 Å². The Morgan fingerprint density at radius 2 is 1.59 bits per heavy atom. The van der Waals surface area contributed by atoms with Crippen molar-refractivity contribution in [3.05, 3.63) is 84.4 Å². The Morgan fingerprint density at radius 3 is 2.32 bits per heavy atom. The van der Waals surface area contributed by atoms with Crippen molar-refractivity contribution in [1.29, 1.82) is 0 Å². The fourth-order valence-electron chi connectivity index (χ4n) is 4.50. The number of methoxy groups -OCH3 is 1. The van der Waals surface area contributed by atoms with Crippen LogP contribution in [0.15, 0.2) is 77.7 Å². The molecular formula is C27H28FN5O3S. The summed E-state index contributed by atoms with van der Waals surface area (Å²) in [6.07, 6.45) is 0. The molecule has 1 N–H and O–H groups in total. The fraction of sp³-hybridized carbons (Fsp3) is 0.259. The lowest BCUT2D eigenvalue weighted by molar-refractivity contribution is 0.141. The summed E-state index contributed by atoms with van der Waals surface area (Å²) >= 11 is 0. The first-order chi connectivity index (χ1) is 17.9. The molecule has 10 heteroatoms. The topological polar surface area (TPSA) is 87.7 Å². The summed E-state index contributed by atoms with van der Waals surface area (Å²) in [6, 6.07) is 20.3. The normalized spacial score (nSPS) is 16.0. The number of ether oxygens (including phenoxy) is 1. The monoisotopic (exact) mass is 521 g/mol. The number of fused-ring (bicyclic) bond motifs is 1. The molecule has 37 heavy (non-hydrogen) atoms. The van der Waals surface area contributed by atoms with Crippen LogP contribution < -0.4 is 10.1 Å². The standard InChI is InChI=1S/C27H28FN5O3S/c1-19(32-15-17-33(18-16-32)37(34,35)21-13-11-20(28)12-14-21)26-29-23-8-4-3-7-22(23)27(31-26)30-24-9-5-6-10-25(24)36-2/h3-14,19H,15-18H2,1-2H3,(H,29,30,31). The molecule has 0 amide bonds. The van der Waals surface area contributed by atoms with E-state index < -0.39 is 15.8 Å². The summed E-state index contributed by atoms with van der Waals surface area (Å²) in [5.74, 6) is 1.56. The first-order valence-electron chi connectivity index (χ1n) is 12.0. The molecule has 1 atom stereocenters. The number of rotatable bonds is 7. The van der Waals surface area contributed by atoms with Crippen LogP contribution in [-0.2, 0) is 10.0 Å². The summed E-state index contributed by atoms with van der Waals surface area (Å²) in [4.78, 5) is 12.0. The number of sulfonamides is 1. The van der Waals surface area contributed by atoms with Crippen LogP contribution >= 0.6 is 0 Å². The lowest BCUT2D eigenvalue weighted by Gasteiger charge is -2.36. The minimum atomic E-state index is -3.68. The number of aromatic nitrogens is 2. The SMILES string of the molecule is COc1ccccc1Nc1nc(C(C)N2CCN(S(=O)(=O)c3ccc(F)cc3)CC2)nc2ccccc12. The molecule has 0 radical (unpaired) electrons. The van der Waals surface area contributed by atoms with Crippen LogP contribution in [0.25, 0.3) is 10.9 Å². The van der Waals surface area contributed by atoms with E-state index in [1.807, 2.05) is 55.5 Å². The molecule has 5 rings (SSSR count). The lowest BCUT2D eigenvalue weighted by atomic mass is 10.2. The van der Waals surface area contributed by atoms with E-state index in [1.165, 1.54) is 28.6 Å². The average molecular weight is 522 g/mol. The molecule has 1 aliphatic rings. The van der Waals surface area contributed by atoms with Crippen molar-refractivity contribution in [2.45, 2.75) is 17.9 Å². The molecule has 1 unspecified atom stereocenters. The van der Waals surface area contributed by atoms with Gasteiger partial charge in [-0.1, -0.05) is 24.3 Å². The van der Waals surface area contributed by atoms with Crippen LogP contribution in [0.4, 0.5) is 15.9 Å². The van der Waals surface area contributed by atoms with Gasteiger partial charge in [-0.15, -0.1) is 0 Å². The Hall–Kier alpha value is -3.60. The highest BCUT2D eigenvalue weighted by atomic mass is 32.2. The van der Waals surface area contributed by atoms with Crippen LogP contribution in [0.2, 0.25) is 0 Å². The van der Waals surface area contributed by atoms with E-state index in [4.69, 9.17) is 14.7 Å². The van der Waals surface area contributed by atoms with Gasteiger partial charge in [0.15, 0.2) is 0 Å². The zero-order valence-electron chi connectivity index (χ0n) is 20.6. The Balaban J connectivity index is 1.37. The zero-order valence-corrected chi connectivity index (χ0v) is 21.5. The number of anilines is 2. The Labute approximate surface area is 215 Å². The Morgan fingerprint density at radius 1 is 0.919 bits per heavy atom. The quantitative estimate of drug-likeness (QED) is 0.381. The van der Waals surface area contributed by atoms with Gasteiger partial charge in [0, 0.05) is 31.6 Å².